The average molecular weight is 488 g/mol. The van der Waals surface area contributed by atoms with Crippen LogP contribution in [-0.2, 0) is 6.54 Å². The van der Waals surface area contributed by atoms with E-state index in [9.17, 15) is 0 Å². The van der Waals surface area contributed by atoms with Crippen LogP contribution in [0.3, 0.4) is 0 Å². The van der Waals surface area contributed by atoms with Crippen LogP contribution in [0.1, 0.15) is 29.3 Å². The van der Waals surface area contributed by atoms with Gasteiger partial charge in [-0.25, -0.2) is 0 Å². The van der Waals surface area contributed by atoms with Gasteiger partial charge in [0, 0.05) is 35.5 Å². The number of hydrogen-bond donors (Lipinski definition) is 0. The minimum Gasteiger partial charge on any atom is -1.00 e. The van der Waals surface area contributed by atoms with E-state index in [0.717, 1.165) is 6.54 Å². The number of rotatable bonds is 2. The topological polar surface area (TPSA) is 7.12 Å². The van der Waals surface area contributed by atoms with Gasteiger partial charge in [0.25, 0.3) is 0 Å². The summed E-state index contributed by atoms with van der Waals surface area (Å²) in [7, 11) is 2.17. The summed E-state index contributed by atoms with van der Waals surface area (Å²) in [5.41, 5.74) is 7.86. The normalized spacial score (nSPS) is 14.6. The van der Waals surface area contributed by atoms with Crippen LogP contribution in [0.2, 0.25) is 0 Å². The Bertz CT molecular complexity index is 1060. The van der Waals surface area contributed by atoms with Crippen LogP contribution < -0.4 is 33.4 Å². The summed E-state index contributed by atoms with van der Waals surface area (Å²) in [6.45, 7) is 9.70. The first-order valence-electron chi connectivity index (χ1n) is 9.15. The van der Waals surface area contributed by atoms with Gasteiger partial charge >= 0.3 is 0 Å². The Morgan fingerprint density at radius 3 is 2.48 bits per heavy atom. The summed E-state index contributed by atoms with van der Waals surface area (Å²) < 4.78 is 2.40. The number of fused-ring (bicyclic) bond motifs is 2. The van der Waals surface area contributed by atoms with Crippen LogP contribution in [0.15, 0.2) is 52.4 Å². The lowest BCUT2D eigenvalue weighted by Gasteiger charge is -2.14. The molecular formula is C23H25IN2S. The Labute approximate surface area is 183 Å². The van der Waals surface area contributed by atoms with Gasteiger partial charge in [-0.2, -0.15) is 4.57 Å². The lowest BCUT2D eigenvalue weighted by atomic mass is 10.1. The maximum absolute atomic E-state index is 2.40. The monoisotopic (exact) mass is 488 g/mol. The van der Waals surface area contributed by atoms with Crippen molar-refractivity contribution in [1.29, 1.82) is 0 Å². The number of thioether (sulfide) groups is 1. The van der Waals surface area contributed by atoms with E-state index >= 15 is 0 Å². The Kier molecular flexibility index (Phi) is 5.87. The van der Waals surface area contributed by atoms with Crippen LogP contribution in [0.5, 0.6) is 0 Å². The zero-order chi connectivity index (χ0) is 18.4. The van der Waals surface area contributed by atoms with Crippen molar-refractivity contribution in [3.05, 3.63) is 69.9 Å². The van der Waals surface area contributed by atoms with E-state index in [1.54, 1.807) is 0 Å². The Hall–Kier alpha value is -1.53. The van der Waals surface area contributed by atoms with E-state index in [-0.39, 0.29) is 24.0 Å². The number of aryl methyl sites for hydroxylation is 4. The molecule has 0 fully saturated rings. The van der Waals surface area contributed by atoms with E-state index in [1.165, 1.54) is 48.9 Å². The van der Waals surface area contributed by atoms with Gasteiger partial charge in [0.05, 0.1) is 10.7 Å². The summed E-state index contributed by atoms with van der Waals surface area (Å²) >= 11 is 1.86. The highest BCUT2D eigenvalue weighted by molar-refractivity contribution is 8.03. The van der Waals surface area contributed by atoms with Crippen molar-refractivity contribution in [2.45, 2.75) is 39.1 Å². The number of halogens is 1. The van der Waals surface area contributed by atoms with Gasteiger partial charge in [-0.05, 0) is 63.1 Å². The molecule has 0 unspecified atom stereocenters. The van der Waals surface area contributed by atoms with Gasteiger partial charge in [-0.3, -0.25) is 0 Å². The molecule has 0 amide bonds. The van der Waals surface area contributed by atoms with Crippen molar-refractivity contribution in [2.75, 3.05) is 11.9 Å². The van der Waals surface area contributed by atoms with Gasteiger partial charge in [0.15, 0.2) is 0 Å². The summed E-state index contributed by atoms with van der Waals surface area (Å²) in [4.78, 5) is 3.66. The molecule has 0 radical (unpaired) electrons. The fourth-order valence-corrected chi connectivity index (χ4v) is 4.78. The zero-order valence-electron chi connectivity index (χ0n) is 16.5. The predicted octanol–water partition coefficient (Wildman–Crippen LogP) is 2.62. The van der Waals surface area contributed by atoms with E-state index < -0.39 is 0 Å². The molecule has 27 heavy (non-hydrogen) atoms. The Morgan fingerprint density at radius 1 is 1.00 bits per heavy atom. The minimum atomic E-state index is 0. The highest BCUT2D eigenvalue weighted by atomic mass is 127. The van der Waals surface area contributed by atoms with E-state index in [0.29, 0.717) is 0 Å². The zero-order valence-corrected chi connectivity index (χ0v) is 19.5. The SMILES string of the molecule is CC[n+]1c(/C=C2/Sc3cc(C)c(C)cc3N2C)ccc2cc(C)ccc21.[I-]. The van der Waals surface area contributed by atoms with Crippen LogP contribution in [0.4, 0.5) is 5.69 Å². The average Bonchev–Trinajstić information content (AvgIpc) is 2.90. The van der Waals surface area contributed by atoms with E-state index in [2.05, 4.69) is 92.8 Å². The number of aromatic nitrogens is 1. The summed E-state index contributed by atoms with van der Waals surface area (Å²) in [6, 6.07) is 15.8. The summed E-state index contributed by atoms with van der Waals surface area (Å²) in [5, 5.41) is 2.58. The fourth-order valence-electron chi connectivity index (χ4n) is 3.61. The maximum atomic E-state index is 2.40. The van der Waals surface area contributed by atoms with E-state index in [1.807, 2.05) is 11.8 Å². The van der Waals surface area contributed by atoms with Crippen LogP contribution in [-0.4, -0.2) is 7.05 Å². The second kappa shape index (κ2) is 7.84. The third kappa shape index (κ3) is 3.61. The van der Waals surface area contributed by atoms with Gasteiger partial charge < -0.3 is 28.9 Å². The first-order chi connectivity index (χ1) is 12.5. The van der Waals surface area contributed by atoms with Crippen LogP contribution in [0, 0.1) is 20.8 Å². The first-order valence-corrected chi connectivity index (χ1v) is 9.97. The molecule has 2 aromatic carbocycles. The molecule has 0 N–H and O–H groups in total. The lowest BCUT2D eigenvalue weighted by Crippen LogP contribution is -3.00. The molecule has 0 bridgehead atoms. The van der Waals surface area contributed by atoms with Crippen molar-refractivity contribution in [3.8, 4) is 0 Å². The molecule has 4 rings (SSSR count). The van der Waals surface area contributed by atoms with Gasteiger partial charge in [-0.15, -0.1) is 0 Å². The Morgan fingerprint density at radius 2 is 1.74 bits per heavy atom. The van der Waals surface area contributed by atoms with Crippen molar-refractivity contribution < 1.29 is 28.5 Å². The predicted molar refractivity (Wildman–Crippen MR) is 113 cm³/mol. The molecular weight excluding hydrogens is 463 g/mol. The minimum absolute atomic E-state index is 0. The molecule has 2 heterocycles. The second-order valence-electron chi connectivity index (χ2n) is 7.11. The van der Waals surface area contributed by atoms with Crippen molar-refractivity contribution in [1.82, 2.24) is 0 Å². The molecule has 0 saturated carbocycles. The highest BCUT2D eigenvalue weighted by Crippen LogP contribution is 2.46. The third-order valence-electron chi connectivity index (χ3n) is 5.29. The lowest BCUT2D eigenvalue weighted by molar-refractivity contribution is -0.669. The number of anilines is 1. The molecule has 0 saturated heterocycles. The van der Waals surface area contributed by atoms with Crippen LogP contribution in [0.25, 0.3) is 17.0 Å². The number of pyridine rings is 1. The largest absolute Gasteiger partial charge is 1.00 e. The standard InChI is InChI=1S/C23H25N2S.HI/c1-6-25-19(9-8-18-11-15(2)7-10-20(18)25)14-23-24(5)21-12-16(3)17(4)13-22(21)26-23;/h7-14H,6H2,1-5H3;1H/q+1;/p-1. The second-order valence-corrected chi connectivity index (χ2v) is 8.17. The first kappa shape index (κ1) is 20.2. The molecule has 1 aliphatic heterocycles. The summed E-state index contributed by atoms with van der Waals surface area (Å²) in [5.74, 6) is 0. The van der Waals surface area contributed by atoms with Crippen molar-refractivity contribution in [3.63, 3.8) is 0 Å². The number of benzene rings is 2. The summed E-state index contributed by atoms with van der Waals surface area (Å²) in [6.07, 6.45) is 2.32. The fraction of sp³-hybridized carbons (Fsp3) is 0.261. The molecule has 2 nitrogen and oxygen atoms in total. The molecule has 0 atom stereocenters. The van der Waals surface area contributed by atoms with Gasteiger partial charge in [-0.1, -0.05) is 23.4 Å². The molecule has 4 heteroatoms. The molecule has 3 aromatic rings. The van der Waals surface area contributed by atoms with Crippen molar-refractivity contribution in [2.24, 2.45) is 0 Å². The number of hydrogen-bond acceptors (Lipinski definition) is 2. The Balaban J connectivity index is 0.00000210. The molecule has 1 aliphatic rings. The van der Waals surface area contributed by atoms with Crippen molar-refractivity contribution >= 4 is 34.4 Å². The van der Waals surface area contributed by atoms with E-state index in [4.69, 9.17) is 0 Å². The number of nitrogens with zero attached hydrogens (tertiary/aromatic N) is 2. The quantitative estimate of drug-likeness (QED) is 0.405. The molecule has 0 spiro atoms. The highest BCUT2D eigenvalue weighted by Gasteiger charge is 2.24. The maximum Gasteiger partial charge on any atom is 0.212 e. The van der Waals surface area contributed by atoms with Crippen LogP contribution >= 0.6 is 11.8 Å². The molecule has 140 valence electrons. The third-order valence-corrected chi connectivity index (χ3v) is 6.44. The van der Waals surface area contributed by atoms with Gasteiger partial charge in [0.1, 0.15) is 6.54 Å². The molecule has 0 aliphatic carbocycles. The van der Waals surface area contributed by atoms with Gasteiger partial charge in [0.2, 0.25) is 11.2 Å². The smallest absolute Gasteiger partial charge is 0.212 e. The molecule has 1 aromatic heterocycles.